The molecular formula is C23H27FN4O7S. The Morgan fingerprint density at radius 2 is 1.86 bits per heavy atom. The molecule has 4 rings (SSSR count). The maximum absolute atomic E-state index is 13.3. The van der Waals surface area contributed by atoms with E-state index < -0.39 is 16.3 Å². The Morgan fingerprint density at radius 3 is 2.47 bits per heavy atom. The summed E-state index contributed by atoms with van der Waals surface area (Å²) >= 11 is 0. The minimum absolute atomic E-state index is 0.0222. The second-order valence-electron chi connectivity index (χ2n) is 8.42. The Labute approximate surface area is 207 Å². The van der Waals surface area contributed by atoms with Crippen molar-refractivity contribution >= 4 is 33.1 Å². The molecule has 2 aromatic heterocycles. The zero-order valence-electron chi connectivity index (χ0n) is 19.8. The van der Waals surface area contributed by atoms with Crippen molar-refractivity contribution < 1.29 is 36.7 Å². The number of halogens is 1. The van der Waals surface area contributed by atoms with Gasteiger partial charge in [-0.3, -0.25) is 23.9 Å². The Morgan fingerprint density at radius 1 is 1.22 bits per heavy atom. The van der Waals surface area contributed by atoms with Gasteiger partial charge in [0.25, 0.3) is 5.91 Å². The minimum Gasteiger partial charge on any atom is -0.346 e. The smallest absolute Gasteiger partial charge is 0.346 e. The topological polar surface area (TPSA) is 153 Å². The average Bonchev–Trinajstić information content (AvgIpc) is 3.14. The SMILES string of the molecule is CC(=O)N(C)CCCc1cn(Cc2ccc(F)cc2)c2cnc3c(c12)CCN(O)C3=O.O=S(=O)(O)O. The Balaban J connectivity index is 0.000000658. The van der Waals surface area contributed by atoms with Crippen molar-refractivity contribution in [2.75, 3.05) is 20.1 Å². The normalized spacial score (nSPS) is 13.3. The summed E-state index contributed by atoms with van der Waals surface area (Å²) in [5.41, 5.74) is 4.06. The number of carbonyl (C=O) groups excluding carboxylic acids is 2. The van der Waals surface area contributed by atoms with Crippen LogP contribution in [0.25, 0.3) is 10.9 Å². The number of benzene rings is 1. The van der Waals surface area contributed by atoms with Crippen LogP contribution in [-0.4, -0.2) is 74.2 Å². The first-order chi connectivity index (χ1) is 16.8. The van der Waals surface area contributed by atoms with E-state index in [2.05, 4.69) is 15.7 Å². The summed E-state index contributed by atoms with van der Waals surface area (Å²) in [7, 11) is -2.89. The lowest BCUT2D eigenvalue weighted by molar-refractivity contribution is -0.127. The largest absolute Gasteiger partial charge is 0.394 e. The lowest BCUT2D eigenvalue weighted by Crippen LogP contribution is -2.35. The number of hydrogen-bond acceptors (Lipinski definition) is 6. The van der Waals surface area contributed by atoms with Crippen LogP contribution in [-0.2, 0) is 34.6 Å². The number of carbonyl (C=O) groups is 2. The molecule has 3 heterocycles. The Bertz CT molecular complexity index is 1370. The number of aryl methyl sites for hydroxylation is 1. The lowest BCUT2D eigenvalue weighted by atomic mass is 9.97. The molecule has 0 bridgehead atoms. The van der Waals surface area contributed by atoms with E-state index in [-0.39, 0.29) is 24.0 Å². The van der Waals surface area contributed by atoms with Crippen LogP contribution in [0.5, 0.6) is 0 Å². The van der Waals surface area contributed by atoms with Crippen LogP contribution >= 0.6 is 0 Å². The molecule has 194 valence electrons. The molecule has 0 saturated heterocycles. The summed E-state index contributed by atoms with van der Waals surface area (Å²) in [4.78, 5) is 30.0. The van der Waals surface area contributed by atoms with E-state index in [1.165, 1.54) is 12.1 Å². The molecule has 2 amide bonds. The molecule has 36 heavy (non-hydrogen) atoms. The fourth-order valence-corrected chi connectivity index (χ4v) is 4.08. The summed E-state index contributed by atoms with van der Waals surface area (Å²) < 4.78 is 46.9. The number of fused-ring (bicyclic) bond motifs is 3. The predicted molar refractivity (Wildman–Crippen MR) is 128 cm³/mol. The fourth-order valence-electron chi connectivity index (χ4n) is 4.08. The van der Waals surface area contributed by atoms with Crippen LogP contribution < -0.4 is 0 Å². The van der Waals surface area contributed by atoms with Crippen LogP contribution in [0.2, 0.25) is 0 Å². The van der Waals surface area contributed by atoms with E-state index in [9.17, 15) is 19.2 Å². The van der Waals surface area contributed by atoms with Crippen molar-refractivity contribution in [3.8, 4) is 0 Å². The number of pyridine rings is 1. The Hall–Kier alpha value is -3.39. The highest BCUT2D eigenvalue weighted by Gasteiger charge is 2.28. The summed E-state index contributed by atoms with van der Waals surface area (Å²) in [6.07, 6.45) is 5.75. The number of hydrogen-bond donors (Lipinski definition) is 3. The second-order valence-corrected chi connectivity index (χ2v) is 9.32. The van der Waals surface area contributed by atoms with Gasteiger partial charge < -0.3 is 9.47 Å². The Kier molecular flexibility index (Phi) is 8.40. The number of hydroxylamine groups is 2. The van der Waals surface area contributed by atoms with Gasteiger partial charge in [-0.15, -0.1) is 0 Å². The number of amides is 2. The van der Waals surface area contributed by atoms with Crippen LogP contribution in [0.15, 0.2) is 36.7 Å². The third kappa shape index (κ3) is 6.85. The monoisotopic (exact) mass is 522 g/mol. The minimum atomic E-state index is -4.67. The molecule has 1 aliphatic heterocycles. The first-order valence-electron chi connectivity index (χ1n) is 11.0. The van der Waals surface area contributed by atoms with Gasteiger partial charge in [-0.1, -0.05) is 12.1 Å². The summed E-state index contributed by atoms with van der Waals surface area (Å²) in [6, 6.07) is 6.38. The fraction of sp³-hybridized carbons (Fsp3) is 0.348. The zero-order chi connectivity index (χ0) is 26.6. The second kappa shape index (κ2) is 11.1. The molecule has 0 aliphatic carbocycles. The zero-order valence-corrected chi connectivity index (χ0v) is 20.6. The van der Waals surface area contributed by atoms with Gasteiger partial charge in [0, 0.05) is 38.6 Å². The van der Waals surface area contributed by atoms with Crippen LogP contribution in [0, 0.1) is 5.82 Å². The third-order valence-electron chi connectivity index (χ3n) is 5.86. The van der Waals surface area contributed by atoms with Crippen molar-refractivity contribution in [2.45, 2.75) is 32.7 Å². The highest BCUT2D eigenvalue weighted by molar-refractivity contribution is 7.79. The molecule has 1 aromatic carbocycles. The summed E-state index contributed by atoms with van der Waals surface area (Å²) in [5, 5.41) is 11.5. The first kappa shape index (κ1) is 27.2. The third-order valence-corrected chi connectivity index (χ3v) is 5.86. The molecule has 13 heteroatoms. The van der Waals surface area contributed by atoms with Gasteiger partial charge in [0.15, 0.2) is 0 Å². The lowest BCUT2D eigenvalue weighted by Gasteiger charge is -2.23. The van der Waals surface area contributed by atoms with E-state index in [0.717, 1.165) is 40.4 Å². The van der Waals surface area contributed by atoms with Gasteiger partial charge in [0.05, 0.1) is 18.3 Å². The van der Waals surface area contributed by atoms with Crippen LogP contribution in [0.1, 0.15) is 40.5 Å². The predicted octanol–water partition coefficient (Wildman–Crippen LogP) is 2.37. The molecule has 0 atom stereocenters. The van der Waals surface area contributed by atoms with Gasteiger partial charge in [-0.05, 0) is 48.1 Å². The van der Waals surface area contributed by atoms with E-state index in [4.69, 9.17) is 17.5 Å². The summed E-state index contributed by atoms with van der Waals surface area (Å²) in [6.45, 7) is 2.95. The molecule has 0 unspecified atom stereocenters. The summed E-state index contributed by atoms with van der Waals surface area (Å²) in [5.74, 6) is -0.746. The van der Waals surface area contributed by atoms with Crippen molar-refractivity contribution in [1.29, 1.82) is 0 Å². The molecule has 0 radical (unpaired) electrons. The van der Waals surface area contributed by atoms with Gasteiger partial charge in [0.2, 0.25) is 5.91 Å². The molecule has 0 spiro atoms. The maximum Gasteiger partial charge on any atom is 0.394 e. The first-order valence-corrected chi connectivity index (χ1v) is 12.4. The number of nitrogens with zero attached hydrogens (tertiary/aromatic N) is 4. The van der Waals surface area contributed by atoms with E-state index in [1.54, 1.807) is 37.2 Å². The van der Waals surface area contributed by atoms with E-state index in [0.29, 0.717) is 24.6 Å². The molecular weight excluding hydrogens is 495 g/mol. The van der Waals surface area contributed by atoms with Crippen molar-refractivity contribution in [3.05, 3.63) is 64.9 Å². The highest BCUT2D eigenvalue weighted by Crippen LogP contribution is 2.31. The standard InChI is InChI=1S/C23H25FN4O3.H2O4S/c1-15(29)26(2)10-3-4-17-14-27(13-16-5-7-18(24)8-6-16)20-12-25-22-19(21(17)20)9-11-28(31)23(22)30;1-5(2,3)4/h5-8,12,14,31H,3-4,9-11,13H2,1-2H3;(H2,1,2,3,4). The van der Waals surface area contributed by atoms with Gasteiger partial charge >= 0.3 is 10.4 Å². The molecule has 3 aromatic rings. The number of aromatic nitrogens is 2. The van der Waals surface area contributed by atoms with Gasteiger partial charge in [-0.25, -0.2) is 14.4 Å². The number of rotatable bonds is 6. The average molecular weight is 523 g/mol. The van der Waals surface area contributed by atoms with Crippen molar-refractivity contribution in [1.82, 2.24) is 19.5 Å². The van der Waals surface area contributed by atoms with E-state index >= 15 is 0 Å². The van der Waals surface area contributed by atoms with Crippen molar-refractivity contribution in [2.24, 2.45) is 0 Å². The molecule has 3 N–H and O–H groups in total. The van der Waals surface area contributed by atoms with Crippen molar-refractivity contribution in [3.63, 3.8) is 0 Å². The van der Waals surface area contributed by atoms with Crippen LogP contribution in [0.3, 0.4) is 0 Å². The van der Waals surface area contributed by atoms with E-state index in [1.807, 2.05) is 0 Å². The van der Waals surface area contributed by atoms with Gasteiger partial charge in [-0.2, -0.15) is 8.42 Å². The molecule has 11 nitrogen and oxygen atoms in total. The maximum atomic E-state index is 13.3. The van der Waals surface area contributed by atoms with Crippen LogP contribution in [0.4, 0.5) is 4.39 Å². The highest BCUT2D eigenvalue weighted by atomic mass is 32.3. The molecule has 1 aliphatic rings. The molecule has 0 saturated carbocycles. The quantitative estimate of drug-likeness (QED) is 0.329. The van der Waals surface area contributed by atoms with Gasteiger partial charge in [0.1, 0.15) is 11.5 Å². The molecule has 0 fully saturated rings.